The molecule has 1 aromatic heterocycles. The number of aromatic nitrogens is 2. The fourth-order valence-corrected chi connectivity index (χ4v) is 5.12. The Morgan fingerprint density at radius 3 is 2.38 bits per heavy atom. The van der Waals surface area contributed by atoms with E-state index in [0.29, 0.717) is 6.42 Å². The molecule has 29 heavy (non-hydrogen) atoms. The second-order valence-electron chi connectivity index (χ2n) is 5.18. The molecule has 2 rings (SSSR count). The van der Waals surface area contributed by atoms with Gasteiger partial charge in [-0.05, 0) is 18.9 Å². The van der Waals surface area contributed by atoms with Gasteiger partial charge in [-0.25, -0.2) is 13.9 Å². The van der Waals surface area contributed by atoms with Gasteiger partial charge in [0.15, 0.2) is 0 Å². The predicted octanol–water partition coefficient (Wildman–Crippen LogP) is -7.41. The second-order valence-corrected chi connectivity index (χ2v) is 9.51. The number of hydrogen-bond donors (Lipinski definition) is 3. The molecule has 0 radical (unpaired) electrons. The van der Waals surface area contributed by atoms with E-state index in [4.69, 9.17) is 15.4 Å². The third-order valence-electron chi connectivity index (χ3n) is 3.08. The van der Waals surface area contributed by atoms with E-state index < -0.39 is 48.1 Å². The van der Waals surface area contributed by atoms with Crippen molar-refractivity contribution < 1.29 is 110 Å². The Balaban J connectivity index is 0.00000392. The van der Waals surface area contributed by atoms with Gasteiger partial charge >= 0.3 is 80.4 Å². The summed E-state index contributed by atoms with van der Waals surface area (Å²) < 4.78 is 50.9. The minimum atomic E-state index is -5.96. The largest absolute Gasteiger partial charge is 1.00 e. The molecular weight excluding hydrogens is 481 g/mol. The SMILES string of the molecule is Nc1ccn(C2CCC(COP(=O)(O)OP(=O)(O)OP(=O)([O-])[O-])O2)c(=O)n1.[Na+].[Na+]. The van der Waals surface area contributed by atoms with Crippen molar-refractivity contribution in [2.75, 3.05) is 12.3 Å². The van der Waals surface area contributed by atoms with Crippen LogP contribution in [0.3, 0.4) is 0 Å². The van der Waals surface area contributed by atoms with Crippen molar-refractivity contribution in [1.29, 1.82) is 0 Å². The van der Waals surface area contributed by atoms with Gasteiger partial charge in [0, 0.05) is 6.20 Å². The number of rotatable bonds is 8. The maximum Gasteiger partial charge on any atom is 1.00 e. The Bertz CT molecular complexity index is 893. The number of phosphoric ester groups is 1. The maximum atomic E-state index is 11.7. The van der Waals surface area contributed by atoms with Crippen molar-refractivity contribution in [3.05, 3.63) is 22.7 Å². The monoisotopic (exact) mass is 495 g/mol. The molecule has 154 valence electrons. The molecule has 0 aromatic carbocycles. The summed E-state index contributed by atoms with van der Waals surface area (Å²) in [5.74, 6) is 0.0175. The van der Waals surface area contributed by atoms with Crippen LogP contribution in [0.5, 0.6) is 0 Å². The van der Waals surface area contributed by atoms with Crippen LogP contribution in [0.15, 0.2) is 17.1 Å². The first kappa shape index (κ1) is 30.0. The number of nitrogen functional groups attached to an aromatic ring is 1. The number of ether oxygens (including phenoxy) is 1. The number of nitrogens with two attached hydrogens (primary N) is 1. The molecule has 1 aromatic rings. The van der Waals surface area contributed by atoms with E-state index in [9.17, 15) is 33.2 Å². The zero-order valence-corrected chi connectivity index (χ0v) is 21.9. The smallest absolute Gasteiger partial charge is 0.789 e. The van der Waals surface area contributed by atoms with E-state index in [-0.39, 0.29) is 71.4 Å². The van der Waals surface area contributed by atoms with Gasteiger partial charge in [0.1, 0.15) is 12.0 Å². The van der Waals surface area contributed by atoms with Gasteiger partial charge in [-0.1, -0.05) is 0 Å². The molecule has 4 atom stereocenters. The maximum absolute atomic E-state index is 11.7. The molecule has 20 heteroatoms. The van der Waals surface area contributed by atoms with Gasteiger partial charge < -0.3 is 34.6 Å². The minimum Gasteiger partial charge on any atom is -0.789 e. The summed E-state index contributed by atoms with van der Waals surface area (Å²) in [5.41, 5.74) is 4.70. The molecule has 0 amide bonds. The zero-order valence-electron chi connectivity index (χ0n) is 15.2. The van der Waals surface area contributed by atoms with Gasteiger partial charge in [0.25, 0.3) is 0 Å². The van der Waals surface area contributed by atoms with Gasteiger partial charge in [-0.2, -0.15) is 9.29 Å². The Hall–Kier alpha value is 1.05. The van der Waals surface area contributed by atoms with Crippen molar-refractivity contribution in [2.24, 2.45) is 0 Å². The van der Waals surface area contributed by atoms with Crippen molar-refractivity contribution >= 4 is 29.3 Å². The number of anilines is 1. The molecule has 0 aliphatic carbocycles. The van der Waals surface area contributed by atoms with Crippen molar-refractivity contribution in [3.8, 4) is 0 Å². The number of nitrogens with zero attached hydrogens (tertiary/aromatic N) is 2. The van der Waals surface area contributed by atoms with Crippen molar-refractivity contribution in [2.45, 2.75) is 25.2 Å². The van der Waals surface area contributed by atoms with Gasteiger partial charge in [0.2, 0.25) is 0 Å². The van der Waals surface area contributed by atoms with Gasteiger partial charge in [-0.15, -0.1) is 0 Å². The molecule has 1 aliphatic heterocycles. The summed E-state index contributed by atoms with van der Waals surface area (Å²) in [6.45, 7) is -0.617. The van der Waals surface area contributed by atoms with Crippen LogP contribution < -0.4 is 80.3 Å². The summed E-state index contributed by atoms with van der Waals surface area (Å²) in [6, 6.07) is 1.37. The molecule has 1 saturated heterocycles. The van der Waals surface area contributed by atoms with Crippen LogP contribution in [0.1, 0.15) is 19.1 Å². The molecule has 2 heterocycles. The van der Waals surface area contributed by atoms with Crippen LogP contribution in [-0.2, 0) is 31.6 Å². The first-order valence-corrected chi connectivity index (χ1v) is 11.5. The molecule has 0 bridgehead atoms. The van der Waals surface area contributed by atoms with Crippen LogP contribution in [-0.4, -0.2) is 32.0 Å². The molecule has 4 unspecified atom stereocenters. The standard InChI is InChI=1S/C9H16N3O12P3.2Na/c10-7-3-4-12(9(13)11-7)8-2-1-6(22-8)5-21-26(17,18)24-27(19,20)23-25(14,15)16;;/h3-4,6,8H,1-2,5H2,(H,17,18)(H,19,20)(H2,10,11,13)(H2,14,15,16);;/q;2*+1/p-2. The summed E-state index contributed by atoms with van der Waals surface area (Å²) in [5, 5.41) is 0. The van der Waals surface area contributed by atoms with E-state index in [1.165, 1.54) is 12.3 Å². The quantitative estimate of drug-likeness (QED) is 0.225. The van der Waals surface area contributed by atoms with Crippen LogP contribution in [0.2, 0.25) is 0 Å². The Morgan fingerprint density at radius 1 is 1.21 bits per heavy atom. The minimum absolute atomic E-state index is 0. The third kappa shape index (κ3) is 10.5. The topological polar surface area (TPSA) is 236 Å². The normalized spacial score (nSPS) is 23.3. The van der Waals surface area contributed by atoms with Crippen molar-refractivity contribution in [3.63, 3.8) is 0 Å². The molecule has 1 aliphatic rings. The average molecular weight is 495 g/mol. The van der Waals surface area contributed by atoms with E-state index >= 15 is 0 Å². The summed E-state index contributed by atoms with van der Waals surface area (Å²) >= 11 is 0. The third-order valence-corrected chi connectivity index (χ3v) is 6.83. The molecule has 4 N–H and O–H groups in total. The molecule has 15 nitrogen and oxygen atoms in total. The zero-order chi connectivity index (χ0) is 20.5. The Morgan fingerprint density at radius 2 is 1.83 bits per heavy atom. The second kappa shape index (κ2) is 11.8. The summed E-state index contributed by atoms with van der Waals surface area (Å²) in [4.78, 5) is 54.1. The fraction of sp³-hybridized carbons (Fsp3) is 0.556. The van der Waals surface area contributed by atoms with E-state index in [0.717, 1.165) is 4.57 Å². The summed E-state index contributed by atoms with van der Waals surface area (Å²) in [7, 11) is -16.9. The van der Waals surface area contributed by atoms with Crippen molar-refractivity contribution in [1.82, 2.24) is 9.55 Å². The van der Waals surface area contributed by atoms with E-state index in [1.807, 2.05) is 0 Å². The van der Waals surface area contributed by atoms with Crippen LogP contribution in [0.25, 0.3) is 0 Å². The van der Waals surface area contributed by atoms with Crippen LogP contribution in [0.4, 0.5) is 5.82 Å². The van der Waals surface area contributed by atoms with E-state index in [1.54, 1.807) is 0 Å². The number of phosphoric acid groups is 3. The first-order valence-electron chi connectivity index (χ1n) is 7.01. The first-order chi connectivity index (χ1) is 12.3. The van der Waals surface area contributed by atoms with Gasteiger partial charge in [0.05, 0.1) is 20.5 Å². The Labute approximate surface area is 208 Å². The number of hydrogen-bond acceptors (Lipinski definition) is 12. The van der Waals surface area contributed by atoms with Crippen LogP contribution >= 0.6 is 23.5 Å². The molecule has 1 fully saturated rings. The predicted molar refractivity (Wildman–Crippen MR) is 81.4 cm³/mol. The Kier molecular flexibility index (Phi) is 12.2. The molecule has 0 spiro atoms. The fourth-order valence-electron chi connectivity index (χ4n) is 2.13. The van der Waals surface area contributed by atoms with E-state index in [2.05, 4.69) is 18.1 Å². The average Bonchev–Trinajstić information content (AvgIpc) is 2.90. The van der Waals surface area contributed by atoms with Crippen LogP contribution in [0, 0.1) is 0 Å². The molecule has 0 saturated carbocycles. The van der Waals surface area contributed by atoms with Gasteiger partial charge in [-0.3, -0.25) is 13.4 Å². The summed E-state index contributed by atoms with van der Waals surface area (Å²) in [6.07, 6.45) is 0.366. The molecular formula is C9H14N3Na2O12P3.